The van der Waals surface area contributed by atoms with Crippen molar-refractivity contribution in [3.63, 3.8) is 0 Å². The van der Waals surface area contributed by atoms with Gasteiger partial charge >= 0.3 is 5.97 Å². The highest BCUT2D eigenvalue weighted by Crippen LogP contribution is 2.29. The van der Waals surface area contributed by atoms with Crippen LogP contribution in [-0.2, 0) is 10.0 Å². The summed E-state index contributed by atoms with van der Waals surface area (Å²) in [6.07, 6.45) is 0.986. The molecule has 1 N–H and O–H groups in total. The molecule has 0 bridgehead atoms. The van der Waals surface area contributed by atoms with E-state index in [0.29, 0.717) is 18.0 Å². The van der Waals surface area contributed by atoms with Crippen molar-refractivity contribution in [2.24, 2.45) is 5.92 Å². The largest absolute Gasteiger partial charge is 0.477 e. The van der Waals surface area contributed by atoms with Crippen molar-refractivity contribution in [2.45, 2.75) is 17.6 Å². The van der Waals surface area contributed by atoms with Gasteiger partial charge in [0.25, 0.3) is 10.0 Å². The number of hydrogen-bond donors (Lipinski definition) is 1. The maximum atomic E-state index is 12.5. The van der Waals surface area contributed by atoms with E-state index in [1.165, 1.54) is 10.4 Å². The van der Waals surface area contributed by atoms with Crippen molar-refractivity contribution in [1.82, 2.24) is 9.21 Å². The number of aromatic carboxylic acids is 1. The van der Waals surface area contributed by atoms with Crippen molar-refractivity contribution in [2.75, 3.05) is 33.7 Å². The lowest BCUT2D eigenvalue weighted by Crippen LogP contribution is -2.32. The highest BCUT2D eigenvalue weighted by Gasteiger charge is 2.29. The first-order valence-electron chi connectivity index (χ1n) is 6.70. The summed E-state index contributed by atoms with van der Waals surface area (Å²) < 4.78 is 26.5. The fourth-order valence-corrected chi connectivity index (χ4v) is 5.42. The highest BCUT2D eigenvalue weighted by molar-refractivity contribution is 7.91. The number of likely N-dealkylation sites (tertiary alicyclic amines) is 1. The molecule has 118 valence electrons. The molecule has 2 heterocycles. The smallest absolute Gasteiger partial charge is 0.346 e. The normalized spacial score (nSPS) is 20.3. The van der Waals surface area contributed by atoms with Gasteiger partial charge in [0.2, 0.25) is 0 Å². The Balaban J connectivity index is 2.17. The van der Waals surface area contributed by atoms with Crippen LogP contribution in [0, 0.1) is 12.8 Å². The zero-order chi connectivity index (χ0) is 15.8. The molecule has 1 aromatic heterocycles. The van der Waals surface area contributed by atoms with Crippen molar-refractivity contribution in [1.29, 1.82) is 0 Å². The van der Waals surface area contributed by atoms with E-state index >= 15 is 0 Å². The van der Waals surface area contributed by atoms with E-state index in [0.717, 1.165) is 30.8 Å². The lowest BCUT2D eigenvalue weighted by molar-refractivity contribution is 0.0701. The van der Waals surface area contributed by atoms with E-state index < -0.39 is 16.0 Å². The van der Waals surface area contributed by atoms with Gasteiger partial charge in [-0.2, -0.15) is 4.31 Å². The van der Waals surface area contributed by atoms with E-state index in [4.69, 9.17) is 5.11 Å². The molecule has 8 heteroatoms. The van der Waals surface area contributed by atoms with Gasteiger partial charge in [-0.25, -0.2) is 13.2 Å². The zero-order valence-electron chi connectivity index (χ0n) is 12.4. The first-order chi connectivity index (χ1) is 9.71. The maximum absolute atomic E-state index is 12.5. The number of nitrogens with zero attached hydrogens (tertiary/aromatic N) is 2. The van der Waals surface area contributed by atoms with Crippen molar-refractivity contribution in [3.05, 3.63) is 16.5 Å². The maximum Gasteiger partial charge on any atom is 0.346 e. The summed E-state index contributed by atoms with van der Waals surface area (Å²) in [7, 11) is -0.0264. The number of carboxylic acids is 1. The topological polar surface area (TPSA) is 77.9 Å². The zero-order valence-corrected chi connectivity index (χ0v) is 14.0. The average Bonchev–Trinajstić information content (AvgIpc) is 2.95. The SMILES string of the molecule is Cc1cc(S(=O)(=O)N(C)CC2CCN(C)C2)sc1C(=O)O. The second-order valence-electron chi connectivity index (χ2n) is 5.59. The summed E-state index contributed by atoms with van der Waals surface area (Å²) >= 11 is 0.822. The summed E-state index contributed by atoms with van der Waals surface area (Å²) in [4.78, 5) is 13.3. The third-order valence-electron chi connectivity index (χ3n) is 3.76. The van der Waals surface area contributed by atoms with E-state index in [1.54, 1.807) is 14.0 Å². The summed E-state index contributed by atoms with van der Waals surface area (Å²) in [5, 5.41) is 9.04. The molecule has 1 unspecified atom stereocenters. The first kappa shape index (κ1) is 16.4. The van der Waals surface area contributed by atoms with E-state index in [1.807, 2.05) is 7.05 Å². The van der Waals surface area contributed by atoms with Gasteiger partial charge in [0.05, 0.1) is 0 Å². The third-order valence-corrected chi connectivity index (χ3v) is 7.26. The first-order valence-corrected chi connectivity index (χ1v) is 8.96. The minimum absolute atomic E-state index is 0.0857. The molecule has 2 rings (SSSR count). The molecule has 0 radical (unpaired) electrons. The lowest BCUT2D eigenvalue weighted by Gasteiger charge is -2.20. The van der Waals surface area contributed by atoms with Crippen LogP contribution in [-0.4, -0.2) is 62.4 Å². The quantitative estimate of drug-likeness (QED) is 0.880. The molecule has 0 saturated carbocycles. The van der Waals surface area contributed by atoms with Crippen LogP contribution in [0.3, 0.4) is 0 Å². The molecule has 1 saturated heterocycles. The van der Waals surface area contributed by atoms with Crippen molar-refractivity contribution < 1.29 is 18.3 Å². The van der Waals surface area contributed by atoms with Gasteiger partial charge < -0.3 is 10.0 Å². The van der Waals surface area contributed by atoms with E-state index in [2.05, 4.69) is 4.90 Å². The fourth-order valence-electron chi connectivity index (χ4n) is 2.58. The number of sulfonamides is 1. The minimum atomic E-state index is -3.61. The predicted molar refractivity (Wildman–Crippen MR) is 81.4 cm³/mol. The van der Waals surface area contributed by atoms with Gasteiger partial charge in [-0.3, -0.25) is 0 Å². The van der Waals surface area contributed by atoms with Gasteiger partial charge in [-0.15, -0.1) is 11.3 Å². The molecule has 0 aliphatic carbocycles. The average molecular weight is 332 g/mol. The number of thiophene rings is 1. The molecular formula is C13H20N2O4S2. The Morgan fingerprint density at radius 2 is 2.24 bits per heavy atom. The number of hydrogen-bond acceptors (Lipinski definition) is 5. The van der Waals surface area contributed by atoms with Crippen LogP contribution in [0.1, 0.15) is 21.7 Å². The fraction of sp³-hybridized carbons (Fsp3) is 0.615. The summed E-state index contributed by atoms with van der Waals surface area (Å²) in [6.45, 7) is 3.96. The van der Waals surface area contributed by atoms with Gasteiger partial charge in [-0.1, -0.05) is 0 Å². The molecule has 1 atom stereocenters. The van der Waals surface area contributed by atoms with E-state index in [9.17, 15) is 13.2 Å². The number of carboxylic acid groups (broad SMARTS) is 1. The van der Waals surface area contributed by atoms with Gasteiger partial charge in [0.15, 0.2) is 0 Å². The Hall–Kier alpha value is -0.960. The molecule has 1 aliphatic heterocycles. The second kappa shape index (κ2) is 6.04. The summed E-state index contributed by atoms with van der Waals surface area (Å²) in [5.74, 6) is -0.756. The summed E-state index contributed by atoms with van der Waals surface area (Å²) in [5.41, 5.74) is 0.486. The lowest BCUT2D eigenvalue weighted by atomic mass is 10.1. The Morgan fingerprint density at radius 3 is 2.71 bits per heavy atom. The molecule has 0 aromatic carbocycles. The van der Waals surface area contributed by atoms with Crippen LogP contribution in [0.25, 0.3) is 0 Å². The number of carbonyl (C=O) groups is 1. The van der Waals surface area contributed by atoms with Crippen molar-refractivity contribution in [3.8, 4) is 0 Å². The number of aryl methyl sites for hydroxylation is 1. The van der Waals surface area contributed by atoms with E-state index in [-0.39, 0.29) is 9.09 Å². The molecular weight excluding hydrogens is 312 g/mol. The molecule has 21 heavy (non-hydrogen) atoms. The molecule has 6 nitrogen and oxygen atoms in total. The second-order valence-corrected chi connectivity index (χ2v) is 8.91. The van der Waals surface area contributed by atoms with Crippen LogP contribution in [0.2, 0.25) is 0 Å². The molecule has 0 amide bonds. The Labute approximate surface area is 129 Å². The Bertz CT molecular complexity index is 639. The Morgan fingerprint density at radius 1 is 1.57 bits per heavy atom. The standard InChI is InChI=1S/C13H20N2O4S2/c1-9-6-11(20-12(9)13(16)17)21(18,19)15(3)8-10-4-5-14(2)7-10/h6,10H,4-5,7-8H2,1-3H3,(H,16,17). The molecule has 1 aliphatic rings. The Kier molecular flexibility index (Phi) is 4.72. The number of rotatable bonds is 5. The molecule has 1 fully saturated rings. The van der Waals surface area contributed by atoms with Gasteiger partial charge in [0.1, 0.15) is 9.09 Å². The summed E-state index contributed by atoms with van der Waals surface area (Å²) in [6, 6.07) is 1.45. The van der Waals surface area contributed by atoms with Crippen LogP contribution in [0.4, 0.5) is 0 Å². The monoisotopic (exact) mass is 332 g/mol. The molecule has 1 aromatic rings. The van der Waals surface area contributed by atoms with Gasteiger partial charge in [-0.05, 0) is 44.5 Å². The van der Waals surface area contributed by atoms with Crippen molar-refractivity contribution >= 4 is 27.3 Å². The highest BCUT2D eigenvalue weighted by atomic mass is 32.2. The van der Waals surface area contributed by atoms with Crippen LogP contribution in [0.15, 0.2) is 10.3 Å². The minimum Gasteiger partial charge on any atom is -0.477 e. The van der Waals surface area contributed by atoms with Crippen LogP contribution < -0.4 is 0 Å². The third kappa shape index (κ3) is 3.45. The van der Waals surface area contributed by atoms with Crippen LogP contribution >= 0.6 is 11.3 Å². The van der Waals surface area contributed by atoms with Gasteiger partial charge in [0, 0.05) is 20.1 Å². The van der Waals surface area contributed by atoms with Crippen LogP contribution in [0.5, 0.6) is 0 Å². The molecule has 0 spiro atoms. The predicted octanol–water partition coefficient (Wildman–Crippen LogP) is 1.33.